The summed E-state index contributed by atoms with van der Waals surface area (Å²) in [6, 6.07) is 5.52. The van der Waals surface area contributed by atoms with Gasteiger partial charge in [-0.3, -0.25) is 9.59 Å². The second-order valence-corrected chi connectivity index (χ2v) is 4.35. The molecule has 7 nitrogen and oxygen atoms in total. The normalized spacial score (nSPS) is 11.4. The highest BCUT2D eigenvalue weighted by Gasteiger charge is 2.11. The number of rotatable bonds is 6. The number of carboxylic acids is 1. The van der Waals surface area contributed by atoms with E-state index in [0.29, 0.717) is 17.7 Å². The van der Waals surface area contributed by atoms with Crippen LogP contribution in [-0.2, 0) is 4.79 Å². The molecule has 1 unspecified atom stereocenters. The zero-order valence-corrected chi connectivity index (χ0v) is 11.1. The lowest BCUT2D eigenvalue weighted by Gasteiger charge is -2.08. The van der Waals surface area contributed by atoms with Crippen molar-refractivity contribution in [3.05, 3.63) is 29.8 Å². The van der Waals surface area contributed by atoms with Crippen molar-refractivity contribution in [3.8, 4) is 0 Å². The van der Waals surface area contributed by atoms with Crippen molar-refractivity contribution >= 4 is 23.6 Å². The lowest BCUT2D eigenvalue weighted by atomic mass is 10.1. The van der Waals surface area contributed by atoms with Crippen molar-refractivity contribution in [1.82, 2.24) is 5.32 Å². The number of aliphatic carboxylic acids is 1. The summed E-state index contributed by atoms with van der Waals surface area (Å²) in [5.74, 6) is -1.69. The Labute approximate surface area is 116 Å². The minimum Gasteiger partial charge on any atom is -0.481 e. The fourth-order valence-corrected chi connectivity index (χ4v) is 1.47. The van der Waals surface area contributed by atoms with Gasteiger partial charge in [-0.05, 0) is 30.7 Å². The molecular weight excluding hydrogens is 262 g/mol. The Hall–Kier alpha value is -2.57. The average Bonchev–Trinajstić information content (AvgIpc) is 2.38. The van der Waals surface area contributed by atoms with Gasteiger partial charge in [0.05, 0.1) is 5.92 Å². The van der Waals surface area contributed by atoms with Gasteiger partial charge in [0, 0.05) is 17.8 Å². The summed E-state index contributed by atoms with van der Waals surface area (Å²) < 4.78 is 0. The van der Waals surface area contributed by atoms with E-state index in [0.717, 1.165) is 0 Å². The van der Waals surface area contributed by atoms with Gasteiger partial charge in [-0.25, -0.2) is 4.79 Å². The summed E-state index contributed by atoms with van der Waals surface area (Å²) >= 11 is 0. The number of primary amides is 1. The fourth-order valence-electron chi connectivity index (χ4n) is 1.47. The van der Waals surface area contributed by atoms with Crippen LogP contribution in [0.1, 0.15) is 23.7 Å². The SMILES string of the molecule is CC(CCNC(=O)c1ccc(NC(N)=O)cc1)C(=O)O. The first kappa shape index (κ1) is 15.5. The third-order valence-electron chi connectivity index (χ3n) is 2.70. The van der Waals surface area contributed by atoms with E-state index >= 15 is 0 Å². The second kappa shape index (κ2) is 7.13. The quantitative estimate of drug-likeness (QED) is 0.621. The number of nitrogens with two attached hydrogens (primary N) is 1. The van der Waals surface area contributed by atoms with Crippen LogP contribution in [0.3, 0.4) is 0 Å². The van der Waals surface area contributed by atoms with E-state index in [9.17, 15) is 14.4 Å². The Balaban J connectivity index is 2.47. The van der Waals surface area contributed by atoms with E-state index in [2.05, 4.69) is 10.6 Å². The molecule has 0 radical (unpaired) electrons. The fraction of sp³-hybridized carbons (Fsp3) is 0.308. The molecule has 1 aromatic carbocycles. The predicted molar refractivity (Wildman–Crippen MR) is 73.4 cm³/mol. The number of carbonyl (C=O) groups excluding carboxylic acids is 2. The van der Waals surface area contributed by atoms with Gasteiger partial charge in [-0.1, -0.05) is 6.92 Å². The van der Waals surface area contributed by atoms with Crippen LogP contribution < -0.4 is 16.4 Å². The topological polar surface area (TPSA) is 122 Å². The van der Waals surface area contributed by atoms with Gasteiger partial charge < -0.3 is 21.5 Å². The van der Waals surface area contributed by atoms with Gasteiger partial charge in [0.1, 0.15) is 0 Å². The summed E-state index contributed by atoms with van der Waals surface area (Å²) in [6.07, 6.45) is 0.363. The Morgan fingerprint density at radius 3 is 2.35 bits per heavy atom. The van der Waals surface area contributed by atoms with Gasteiger partial charge in [-0.2, -0.15) is 0 Å². The molecule has 0 aromatic heterocycles. The summed E-state index contributed by atoms with van der Waals surface area (Å²) in [5.41, 5.74) is 5.88. The standard InChI is InChI=1S/C13H17N3O4/c1-8(12(18)19)6-7-15-11(17)9-2-4-10(5-3-9)16-13(14)20/h2-5,8H,6-7H2,1H3,(H,15,17)(H,18,19)(H3,14,16,20). The van der Waals surface area contributed by atoms with Gasteiger partial charge in [0.2, 0.25) is 0 Å². The van der Waals surface area contributed by atoms with Crippen LogP contribution in [0.15, 0.2) is 24.3 Å². The number of anilines is 1. The van der Waals surface area contributed by atoms with Gasteiger partial charge in [-0.15, -0.1) is 0 Å². The molecule has 0 aliphatic carbocycles. The van der Waals surface area contributed by atoms with Crippen molar-refractivity contribution in [2.45, 2.75) is 13.3 Å². The van der Waals surface area contributed by atoms with E-state index in [1.54, 1.807) is 31.2 Å². The van der Waals surface area contributed by atoms with Crippen LogP contribution in [0.4, 0.5) is 10.5 Å². The Morgan fingerprint density at radius 1 is 1.25 bits per heavy atom. The molecule has 1 atom stereocenters. The van der Waals surface area contributed by atoms with Crippen LogP contribution in [0, 0.1) is 5.92 Å². The van der Waals surface area contributed by atoms with Crippen molar-refractivity contribution in [3.63, 3.8) is 0 Å². The van der Waals surface area contributed by atoms with Crippen molar-refractivity contribution in [2.75, 3.05) is 11.9 Å². The zero-order chi connectivity index (χ0) is 15.1. The first-order valence-corrected chi connectivity index (χ1v) is 6.07. The highest BCUT2D eigenvalue weighted by Crippen LogP contribution is 2.09. The highest BCUT2D eigenvalue weighted by molar-refractivity contribution is 5.95. The molecule has 20 heavy (non-hydrogen) atoms. The molecule has 108 valence electrons. The molecule has 5 N–H and O–H groups in total. The molecule has 0 heterocycles. The number of hydrogen-bond acceptors (Lipinski definition) is 3. The molecule has 0 bridgehead atoms. The summed E-state index contributed by atoms with van der Waals surface area (Å²) in [5, 5.41) is 13.7. The van der Waals surface area contributed by atoms with Crippen LogP contribution in [0.2, 0.25) is 0 Å². The summed E-state index contributed by atoms with van der Waals surface area (Å²) in [6.45, 7) is 1.87. The lowest BCUT2D eigenvalue weighted by Crippen LogP contribution is -2.27. The Morgan fingerprint density at radius 2 is 1.85 bits per heavy atom. The molecule has 3 amide bonds. The number of hydrogen-bond donors (Lipinski definition) is 4. The first-order chi connectivity index (χ1) is 9.40. The molecule has 0 saturated heterocycles. The maximum absolute atomic E-state index is 11.8. The molecular formula is C13H17N3O4. The number of urea groups is 1. The minimum absolute atomic E-state index is 0.285. The van der Waals surface area contributed by atoms with Gasteiger partial charge in [0.25, 0.3) is 5.91 Å². The van der Waals surface area contributed by atoms with Crippen LogP contribution >= 0.6 is 0 Å². The Kier molecular flexibility index (Phi) is 5.52. The molecule has 0 fully saturated rings. The molecule has 7 heteroatoms. The third kappa shape index (κ3) is 4.97. The maximum atomic E-state index is 11.8. The highest BCUT2D eigenvalue weighted by atomic mass is 16.4. The van der Waals surface area contributed by atoms with Crippen LogP contribution in [0.25, 0.3) is 0 Å². The molecule has 0 saturated carbocycles. The molecule has 0 aliphatic rings. The number of benzene rings is 1. The van der Waals surface area contributed by atoms with Crippen LogP contribution in [-0.4, -0.2) is 29.6 Å². The van der Waals surface area contributed by atoms with E-state index < -0.39 is 17.9 Å². The first-order valence-electron chi connectivity index (χ1n) is 6.07. The van der Waals surface area contributed by atoms with Crippen molar-refractivity contribution in [1.29, 1.82) is 0 Å². The zero-order valence-electron chi connectivity index (χ0n) is 11.1. The molecule has 1 aromatic rings. The Bertz CT molecular complexity index is 499. The third-order valence-corrected chi connectivity index (χ3v) is 2.70. The van der Waals surface area contributed by atoms with Crippen molar-refractivity contribution < 1.29 is 19.5 Å². The summed E-state index contributed by atoms with van der Waals surface area (Å²) in [4.78, 5) is 33.0. The number of nitrogens with one attached hydrogen (secondary N) is 2. The average molecular weight is 279 g/mol. The van der Waals surface area contributed by atoms with E-state index in [4.69, 9.17) is 10.8 Å². The van der Waals surface area contributed by atoms with E-state index in [1.807, 2.05) is 0 Å². The van der Waals surface area contributed by atoms with Crippen molar-refractivity contribution in [2.24, 2.45) is 11.7 Å². The summed E-state index contributed by atoms with van der Waals surface area (Å²) in [7, 11) is 0. The largest absolute Gasteiger partial charge is 0.481 e. The minimum atomic E-state index is -0.888. The van der Waals surface area contributed by atoms with Gasteiger partial charge >= 0.3 is 12.0 Å². The number of carboxylic acid groups (broad SMARTS) is 1. The van der Waals surface area contributed by atoms with Gasteiger partial charge in [0.15, 0.2) is 0 Å². The smallest absolute Gasteiger partial charge is 0.316 e. The number of carbonyl (C=O) groups is 3. The van der Waals surface area contributed by atoms with Crippen LogP contribution in [0.5, 0.6) is 0 Å². The lowest BCUT2D eigenvalue weighted by molar-refractivity contribution is -0.141. The molecule has 0 spiro atoms. The monoisotopic (exact) mass is 279 g/mol. The number of amides is 3. The molecule has 0 aliphatic heterocycles. The predicted octanol–water partition coefficient (Wildman–Crippen LogP) is 1.02. The molecule has 1 rings (SSSR count). The van der Waals surface area contributed by atoms with E-state index in [-0.39, 0.29) is 12.5 Å². The maximum Gasteiger partial charge on any atom is 0.316 e. The second-order valence-electron chi connectivity index (χ2n) is 4.35. The van der Waals surface area contributed by atoms with E-state index in [1.165, 1.54) is 0 Å².